The number of nitrogens with one attached hydrogen (secondary N) is 1. The van der Waals surface area contributed by atoms with Crippen LogP contribution in [-0.2, 0) is 13.1 Å². The molecule has 5 nitrogen and oxygen atoms in total. The Balaban J connectivity index is 1.97. The second-order valence-corrected chi connectivity index (χ2v) is 6.22. The first-order chi connectivity index (χ1) is 11.1. The van der Waals surface area contributed by atoms with Crippen molar-refractivity contribution in [2.24, 2.45) is 4.99 Å². The highest BCUT2D eigenvalue weighted by atomic mass is 32.1. The molecule has 0 amide bonds. The SMILES string of the molecule is CCOc1ccccc1CNC(=NC)N(C)Cc1csc(C)n1. The molecular formula is C17H24N4OS. The van der Waals surface area contributed by atoms with Gasteiger partial charge in [-0.25, -0.2) is 4.98 Å². The molecule has 0 spiro atoms. The molecule has 0 fully saturated rings. The zero-order valence-electron chi connectivity index (χ0n) is 14.2. The number of hydrogen-bond acceptors (Lipinski definition) is 4. The molecule has 6 heteroatoms. The molecule has 0 unspecified atom stereocenters. The van der Waals surface area contributed by atoms with Crippen molar-refractivity contribution in [2.45, 2.75) is 26.9 Å². The van der Waals surface area contributed by atoms with Gasteiger partial charge in [0.2, 0.25) is 0 Å². The van der Waals surface area contributed by atoms with Crippen LogP contribution in [0.15, 0.2) is 34.6 Å². The highest BCUT2D eigenvalue weighted by molar-refractivity contribution is 7.09. The quantitative estimate of drug-likeness (QED) is 0.652. The molecule has 0 saturated heterocycles. The zero-order chi connectivity index (χ0) is 16.7. The molecule has 0 aliphatic rings. The minimum absolute atomic E-state index is 0.662. The molecule has 23 heavy (non-hydrogen) atoms. The average molecular weight is 332 g/mol. The molecule has 124 valence electrons. The van der Waals surface area contributed by atoms with Crippen molar-refractivity contribution in [1.29, 1.82) is 0 Å². The third kappa shape index (κ3) is 4.96. The molecule has 0 bridgehead atoms. The van der Waals surface area contributed by atoms with Crippen LogP contribution < -0.4 is 10.1 Å². The number of ether oxygens (including phenoxy) is 1. The molecule has 1 aromatic carbocycles. The van der Waals surface area contributed by atoms with Gasteiger partial charge in [-0.3, -0.25) is 4.99 Å². The molecule has 1 aromatic heterocycles. The first-order valence-corrected chi connectivity index (χ1v) is 8.55. The van der Waals surface area contributed by atoms with Crippen LogP contribution in [0.1, 0.15) is 23.2 Å². The summed E-state index contributed by atoms with van der Waals surface area (Å²) in [5, 5.41) is 6.55. The Morgan fingerprint density at radius 3 is 2.83 bits per heavy atom. The van der Waals surface area contributed by atoms with Gasteiger partial charge in [-0.15, -0.1) is 11.3 Å². The van der Waals surface area contributed by atoms with E-state index in [9.17, 15) is 0 Å². The van der Waals surface area contributed by atoms with Gasteiger partial charge in [-0.2, -0.15) is 0 Å². The second kappa shape index (κ2) is 8.53. The Morgan fingerprint density at radius 2 is 2.17 bits per heavy atom. The predicted molar refractivity (Wildman–Crippen MR) is 96.1 cm³/mol. The highest BCUT2D eigenvalue weighted by Gasteiger charge is 2.10. The van der Waals surface area contributed by atoms with Crippen LogP contribution >= 0.6 is 11.3 Å². The summed E-state index contributed by atoms with van der Waals surface area (Å²) >= 11 is 1.67. The Labute approximate surface area is 142 Å². The summed E-state index contributed by atoms with van der Waals surface area (Å²) in [5.74, 6) is 1.75. The highest BCUT2D eigenvalue weighted by Crippen LogP contribution is 2.17. The van der Waals surface area contributed by atoms with Crippen molar-refractivity contribution < 1.29 is 4.74 Å². The standard InChI is InChI=1S/C17H24N4OS/c1-5-22-16-9-7-6-8-14(16)10-19-17(18-3)21(4)11-15-12-23-13(2)20-15/h6-9,12H,5,10-11H2,1-4H3,(H,18,19). The van der Waals surface area contributed by atoms with E-state index in [1.165, 1.54) is 0 Å². The summed E-state index contributed by atoms with van der Waals surface area (Å²) in [7, 11) is 3.80. The number of rotatable bonds is 6. The van der Waals surface area contributed by atoms with Gasteiger partial charge in [0.15, 0.2) is 5.96 Å². The van der Waals surface area contributed by atoms with Crippen molar-refractivity contribution in [3.63, 3.8) is 0 Å². The van der Waals surface area contributed by atoms with Crippen LogP contribution in [0.2, 0.25) is 0 Å². The van der Waals surface area contributed by atoms with Crippen molar-refractivity contribution in [3.8, 4) is 5.75 Å². The Morgan fingerprint density at radius 1 is 1.39 bits per heavy atom. The van der Waals surface area contributed by atoms with Gasteiger partial charge in [0.05, 0.1) is 23.9 Å². The number of para-hydroxylation sites is 1. The van der Waals surface area contributed by atoms with Crippen molar-refractivity contribution in [1.82, 2.24) is 15.2 Å². The fourth-order valence-electron chi connectivity index (χ4n) is 2.30. The number of aliphatic imine (C=N–C) groups is 1. The molecule has 2 rings (SSSR count). The first-order valence-electron chi connectivity index (χ1n) is 7.67. The summed E-state index contributed by atoms with van der Waals surface area (Å²) in [6.07, 6.45) is 0. The number of aromatic nitrogens is 1. The number of nitrogens with zero attached hydrogens (tertiary/aromatic N) is 3. The van der Waals surface area contributed by atoms with Crippen LogP contribution in [-0.4, -0.2) is 36.5 Å². The average Bonchev–Trinajstić information content (AvgIpc) is 2.94. The fourth-order valence-corrected chi connectivity index (χ4v) is 2.91. The third-order valence-electron chi connectivity index (χ3n) is 3.35. The van der Waals surface area contributed by atoms with Gasteiger partial charge in [0, 0.05) is 31.6 Å². The molecule has 1 N–H and O–H groups in total. The molecule has 0 saturated carbocycles. The minimum atomic E-state index is 0.662. The van der Waals surface area contributed by atoms with E-state index in [1.54, 1.807) is 18.4 Å². The lowest BCUT2D eigenvalue weighted by atomic mass is 10.2. The van der Waals surface area contributed by atoms with Crippen LogP contribution in [0.25, 0.3) is 0 Å². The summed E-state index contributed by atoms with van der Waals surface area (Å²) in [6.45, 7) is 6.08. The number of hydrogen-bond donors (Lipinski definition) is 1. The van der Waals surface area contributed by atoms with Gasteiger partial charge < -0.3 is 15.0 Å². The van der Waals surface area contributed by atoms with Crippen molar-refractivity contribution in [2.75, 3.05) is 20.7 Å². The normalized spacial score (nSPS) is 11.4. The number of guanidine groups is 1. The Hall–Kier alpha value is -2.08. The topological polar surface area (TPSA) is 49.8 Å². The van der Waals surface area contributed by atoms with E-state index in [0.29, 0.717) is 13.2 Å². The number of thiazole rings is 1. The van der Waals surface area contributed by atoms with E-state index >= 15 is 0 Å². The largest absolute Gasteiger partial charge is 0.494 e. The van der Waals surface area contributed by atoms with Crippen molar-refractivity contribution >= 4 is 17.3 Å². The second-order valence-electron chi connectivity index (χ2n) is 5.16. The summed E-state index contributed by atoms with van der Waals surface area (Å²) < 4.78 is 5.66. The molecule has 0 radical (unpaired) electrons. The van der Waals surface area contributed by atoms with Gasteiger partial charge in [-0.1, -0.05) is 18.2 Å². The van der Waals surface area contributed by atoms with E-state index in [1.807, 2.05) is 39.1 Å². The van der Waals surface area contributed by atoms with E-state index in [0.717, 1.165) is 34.5 Å². The van der Waals surface area contributed by atoms with E-state index < -0.39 is 0 Å². The fraction of sp³-hybridized carbons (Fsp3) is 0.412. The Bertz CT molecular complexity index is 654. The van der Waals surface area contributed by atoms with Gasteiger partial charge in [-0.05, 0) is 19.9 Å². The lowest BCUT2D eigenvalue weighted by Crippen LogP contribution is -2.38. The van der Waals surface area contributed by atoms with E-state index in [-0.39, 0.29) is 0 Å². The number of aryl methyl sites for hydroxylation is 1. The Kier molecular flexibility index (Phi) is 6.40. The van der Waals surface area contributed by atoms with Crippen LogP contribution in [0.3, 0.4) is 0 Å². The predicted octanol–water partition coefficient (Wildman–Crippen LogP) is 3.06. The van der Waals surface area contributed by atoms with Gasteiger partial charge >= 0.3 is 0 Å². The van der Waals surface area contributed by atoms with Gasteiger partial charge in [0.25, 0.3) is 0 Å². The van der Waals surface area contributed by atoms with E-state index in [4.69, 9.17) is 4.74 Å². The maximum Gasteiger partial charge on any atom is 0.194 e. The maximum absolute atomic E-state index is 5.66. The summed E-state index contributed by atoms with van der Waals surface area (Å²) in [4.78, 5) is 10.9. The van der Waals surface area contributed by atoms with Crippen molar-refractivity contribution in [3.05, 3.63) is 45.9 Å². The maximum atomic E-state index is 5.66. The molecule has 1 heterocycles. The lowest BCUT2D eigenvalue weighted by Gasteiger charge is -2.21. The zero-order valence-corrected chi connectivity index (χ0v) is 15.0. The van der Waals surface area contributed by atoms with Gasteiger partial charge in [0.1, 0.15) is 5.75 Å². The lowest BCUT2D eigenvalue weighted by molar-refractivity contribution is 0.336. The third-order valence-corrected chi connectivity index (χ3v) is 4.17. The van der Waals surface area contributed by atoms with Crippen LogP contribution in [0, 0.1) is 6.92 Å². The molecule has 2 aromatic rings. The minimum Gasteiger partial charge on any atom is -0.494 e. The number of benzene rings is 1. The summed E-state index contributed by atoms with van der Waals surface area (Å²) in [5.41, 5.74) is 2.18. The smallest absolute Gasteiger partial charge is 0.194 e. The monoisotopic (exact) mass is 332 g/mol. The molecule has 0 aliphatic heterocycles. The molecular weight excluding hydrogens is 308 g/mol. The molecule has 0 atom stereocenters. The summed E-state index contributed by atoms with van der Waals surface area (Å²) in [6, 6.07) is 8.06. The van der Waals surface area contributed by atoms with E-state index in [2.05, 4.69) is 31.6 Å². The first kappa shape index (κ1) is 17.3. The van der Waals surface area contributed by atoms with Crippen LogP contribution in [0.4, 0.5) is 0 Å². The van der Waals surface area contributed by atoms with Crippen LogP contribution in [0.5, 0.6) is 5.75 Å². The molecule has 0 aliphatic carbocycles.